The molecule has 0 radical (unpaired) electrons. The van der Waals surface area contributed by atoms with Crippen LogP contribution >= 0.6 is 11.3 Å². The lowest BCUT2D eigenvalue weighted by Crippen LogP contribution is -2.42. The standard InChI is InChI=1S/C26H33FN2O2S/c1-16-9-7-8-14-29(16)25(31)22-19-13-12-17(26(2,3)4)15-21(19)32-24(22)28-23(30)18-10-5-6-11-20(18)27/h5-6,10-11,16-17H,7-9,12-15H2,1-4H3,(H,28,30)/t16-,17-/m0/s1. The van der Waals surface area contributed by atoms with Crippen LogP contribution in [0.3, 0.4) is 0 Å². The molecule has 2 atom stereocenters. The molecule has 2 aliphatic rings. The number of fused-ring (bicyclic) bond motifs is 1. The van der Waals surface area contributed by atoms with Crippen LogP contribution in [0.15, 0.2) is 24.3 Å². The average molecular weight is 457 g/mol. The molecule has 1 aromatic heterocycles. The number of hydrogen-bond donors (Lipinski definition) is 1. The van der Waals surface area contributed by atoms with Gasteiger partial charge in [0, 0.05) is 17.5 Å². The van der Waals surface area contributed by atoms with Crippen molar-refractivity contribution in [3.8, 4) is 0 Å². The normalized spacial score (nSPS) is 21.2. The van der Waals surface area contributed by atoms with E-state index in [0.717, 1.165) is 50.6 Å². The van der Waals surface area contributed by atoms with Crippen molar-refractivity contribution in [3.63, 3.8) is 0 Å². The number of amides is 2. The van der Waals surface area contributed by atoms with Gasteiger partial charge in [0.05, 0.1) is 11.1 Å². The van der Waals surface area contributed by atoms with E-state index < -0.39 is 11.7 Å². The summed E-state index contributed by atoms with van der Waals surface area (Å²) in [5, 5.41) is 3.48. The molecule has 1 aliphatic carbocycles. The van der Waals surface area contributed by atoms with Gasteiger partial charge in [-0.05, 0) is 74.5 Å². The second-order valence-electron chi connectivity index (χ2n) is 10.3. The third kappa shape index (κ3) is 4.47. The van der Waals surface area contributed by atoms with Crippen molar-refractivity contribution in [2.24, 2.45) is 11.3 Å². The molecule has 1 aromatic carbocycles. The molecule has 0 unspecified atom stereocenters. The Balaban J connectivity index is 1.71. The van der Waals surface area contributed by atoms with Crippen LogP contribution in [0.4, 0.5) is 9.39 Å². The molecule has 4 nitrogen and oxygen atoms in total. The number of benzene rings is 1. The average Bonchev–Trinajstić information content (AvgIpc) is 3.10. The minimum atomic E-state index is -0.559. The SMILES string of the molecule is C[C@H]1CCCCN1C(=O)c1c(NC(=O)c2ccccc2F)sc2c1CC[C@H](C(C)(C)C)C2. The second kappa shape index (κ2) is 8.97. The third-order valence-electron chi connectivity index (χ3n) is 7.11. The molecule has 0 bridgehead atoms. The predicted molar refractivity (Wildman–Crippen MR) is 128 cm³/mol. The fourth-order valence-electron chi connectivity index (χ4n) is 5.00. The smallest absolute Gasteiger partial charge is 0.259 e. The Morgan fingerprint density at radius 1 is 1.16 bits per heavy atom. The molecule has 1 N–H and O–H groups in total. The highest BCUT2D eigenvalue weighted by atomic mass is 32.1. The monoisotopic (exact) mass is 456 g/mol. The van der Waals surface area contributed by atoms with Gasteiger partial charge in [-0.2, -0.15) is 0 Å². The number of hydrogen-bond acceptors (Lipinski definition) is 3. The number of halogens is 1. The number of carbonyl (C=O) groups excluding carboxylic acids is 2. The Kier molecular flexibility index (Phi) is 6.44. The van der Waals surface area contributed by atoms with Crippen molar-refractivity contribution in [2.45, 2.75) is 72.3 Å². The van der Waals surface area contributed by atoms with Crippen LogP contribution in [0.25, 0.3) is 0 Å². The first-order valence-electron chi connectivity index (χ1n) is 11.7. The molecule has 1 fully saturated rings. The number of anilines is 1. The van der Waals surface area contributed by atoms with E-state index in [1.165, 1.54) is 28.3 Å². The van der Waals surface area contributed by atoms with Crippen LogP contribution < -0.4 is 5.32 Å². The van der Waals surface area contributed by atoms with Crippen molar-refractivity contribution in [1.82, 2.24) is 4.90 Å². The van der Waals surface area contributed by atoms with Crippen molar-refractivity contribution in [3.05, 3.63) is 51.7 Å². The highest BCUT2D eigenvalue weighted by molar-refractivity contribution is 7.17. The molecule has 4 rings (SSSR count). The Hall–Kier alpha value is -2.21. The third-order valence-corrected chi connectivity index (χ3v) is 8.28. The van der Waals surface area contributed by atoms with Crippen LogP contribution in [0, 0.1) is 17.2 Å². The number of rotatable bonds is 3. The molecule has 32 heavy (non-hydrogen) atoms. The molecule has 0 saturated carbocycles. The van der Waals surface area contributed by atoms with Crippen LogP contribution in [0.1, 0.15) is 84.5 Å². The molecular weight excluding hydrogens is 423 g/mol. The van der Waals surface area contributed by atoms with Gasteiger partial charge in [-0.1, -0.05) is 32.9 Å². The first-order chi connectivity index (χ1) is 15.2. The van der Waals surface area contributed by atoms with Crippen molar-refractivity contribution in [1.29, 1.82) is 0 Å². The minimum absolute atomic E-state index is 0.00354. The van der Waals surface area contributed by atoms with Crippen LogP contribution in [-0.2, 0) is 12.8 Å². The van der Waals surface area contributed by atoms with Gasteiger partial charge in [0.2, 0.25) is 0 Å². The van der Waals surface area contributed by atoms with Gasteiger partial charge in [-0.25, -0.2) is 4.39 Å². The van der Waals surface area contributed by atoms with Crippen LogP contribution in [0.2, 0.25) is 0 Å². The summed E-state index contributed by atoms with van der Waals surface area (Å²) in [6.07, 6.45) is 5.93. The summed E-state index contributed by atoms with van der Waals surface area (Å²) < 4.78 is 14.2. The van der Waals surface area contributed by atoms with Gasteiger partial charge in [0.25, 0.3) is 11.8 Å². The van der Waals surface area contributed by atoms with Gasteiger partial charge in [0.15, 0.2) is 0 Å². The van der Waals surface area contributed by atoms with Gasteiger partial charge in [0.1, 0.15) is 10.8 Å². The fourth-order valence-corrected chi connectivity index (χ4v) is 6.31. The maximum atomic E-state index is 14.2. The highest BCUT2D eigenvalue weighted by Gasteiger charge is 2.36. The van der Waals surface area contributed by atoms with E-state index >= 15 is 0 Å². The van der Waals surface area contributed by atoms with Gasteiger partial charge >= 0.3 is 0 Å². The van der Waals surface area contributed by atoms with Gasteiger partial charge < -0.3 is 10.2 Å². The zero-order valence-corrected chi connectivity index (χ0v) is 20.3. The maximum absolute atomic E-state index is 14.2. The molecule has 2 heterocycles. The Morgan fingerprint density at radius 3 is 2.59 bits per heavy atom. The minimum Gasteiger partial charge on any atom is -0.336 e. The zero-order valence-electron chi connectivity index (χ0n) is 19.5. The van der Waals surface area contributed by atoms with E-state index in [9.17, 15) is 14.0 Å². The molecule has 0 spiro atoms. The number of nitrogens with zero attached hydrogens (tertiary/aromatic N) is 1. The Labute approximate surface area is 194 Å². The van der Waals surface area contributed by atoms with Crippen molar-refractivity contribution in [2.75, 3.05) is 11.9 Å². The van der Waals surface area contributed by atoms with Crippen molar-refractivity contribution >= 4 is 28.2 Å². The van der Waals surface area contributed by atoms with E-state index in [0.29, 0.717) is 16.5 Å². The fraction of sp³-hybridized carbons (Fsp3) is 0.538. The number of thiophene rings is 1. The first-order valence-corrected chi connectivity index (χ1v) is 12.5. The summed E-state index contributed by atoms with van der Waals surface area (Å²) in [4.78, 5) is 29.8. The summed E-state index contributed by atoms with van der Waals surface area (Å²) in [5.41, 5.74) is 1.90. The second-order valence-corrected chi connectivity index (χ2v) is 11.4. The largest absolute Gasteiger partial charge is 0.336 e. The summed E-state index contributed by atoms with van der Waals surface area (Å²) in [6, 6.07) is 6.15. The van der Waals surface area contributed by atoms with E-state index in [2.05, 4.69) is 33.0 Å². The summed E-state index contributed by atoms with van der Waals surface area (Å²) in [7, 11) is 0. The molecule has 1 saturated heterocycles. The quantitative estimate of drug-likeness (QED) is 0.589. The van der Waals surface area contributed by atoms with E-state index in [-0.39, 0.29) is 22.9 Å². The lowest BCUT2D eigenvalue weighted by molar-refractivity contribution is 0.0635. The van der Waals surface area contributed by atoms with Crippen LogP contribution in [-0.4, -0.2) is 29.3 Å². The predicted octanol–water partition coefficient (Wildman–Crippen LogP) is 6.31. The topological polar surface area (TPSA) is 49.4 Å². The number of piperidine rings is 1. The number of nitrogens with one attached hydrogen (secondary N) is 1. The summed E-state index contributed by atoms with van der Waals surface area (Å²) in [5.74, 6) is -0.528. The van der Waals surface area contributed by atoms with Crippen LogP contribution in [0.5, 0.6) is 0 Å². The number of carbonyl (C=O) groups is 2. The molecule has 2 amide bonds. The van der Waals surface area contributed by atoms with E-state index in [1.807, 2.05) is 4.90 Å². The number of likely N-dealkylation sites (tertiary alicyclic amines) is 1. The molecule has 2 aromatic rings. The molecule has 1 aliphatic heterocycles. The molecule has 172 valence electrons. The Bertz CT molecular complexity index is 1020. The summed E-state index contributed by atoms with van der Waals surface area (Å²) >= 11 is 1.50. The zero-order chi connectivity index (χ0) is 23.0. The molecule has 6 heteroatoms. The van der Waals surface area contributed by atoms with E-state index in [4.69, 9.17) is 0 Å². The maximum Gasteiger partial charge on any atom is 0.259 e. The van der Waals surface area contributed by atoms with Gasteiger partial charge in [-0.3, -0.25) is 9.59 Å². The summed E-state index contributed by atoms with van der Waals surface area (Å²) in [6.45, 7) is 9.63. The first kappa shape index (κ1) is 23.0. The lowest BCUT2D eigenvalue weighted by atomic mass is 9.72. The van der Waals surface area contributed by atoms with E-state index in [1.54, 1.807) is 12.1 Å². The highest BCUT2D eigenvalue weighted by Crippen LogP contribution is 2.45. The lowest BCUT2D eigenvalue weighted by Gasteiger charge is -2.35. The Morgan fingerprint density at radius 2 is 1.91 bits per heavy atom. The molecular formula is C26H33FN2O2S. The van der Waals surface area contributed by atoms with Gasteiger partial charge in [-0.15, -0.1) is 11.3 Å². The van der Waals surface area contributed by atoms with Crippen molar-refractivity contribution < 1.29 is 14.0 Å².